The highest BCUT2D eigenvalue weighted by atomic mass is 35.5. The van der Waals surface area contributed by atoms with Gasteiger partial charge in [-0.15, -0.1) is 0 Å². The molecule has 4 nitrogen and oxygen atoms in total. The van der Waals surface area contributed by atoms with Crippen molar-refractivity contribution in [3.63, 3.8) is 0 Å². The second kappa shape index (κ2) is 8.16. The fourth-order valence-electron chi connectivity index (χ4n) is 2.14. The van der Waals surface area contributed by atoms with Crippen LogP contribution in [0.2, 0.25) is 10.0 Å². The number of amides is 1. The van der Waals surface area contributed by atoms with Gasteiger partial charge in [0.2, 0.25) is 5.91 Å². The summed E-state index contributed by atoms with van der Waals surface area (Å²) in [4.78, 5) is 14.3. The van der Waals surface area contributed by atoms with E-state index in [2.05, 4.69) is 5.32 Å². The second-order valence-electron chi connectivity index (χ2n) is 5.52. The standard InChI is InChI=1S/C18H17Cl2N3O/c1-12(18(24)22-15-6-3-13(10-21)4-7-15)23(2)11-14-5-8-16(19)17(20)9-14/h3-9,12H,11H2,1-2H3,(H,22,24)/t12-/m1/s1. The molecule has 0 saturated carbocycles. The van der Waals surface area contributed by atoms with Crippen molar-refractivity contribution in [3.05, 3.63) is 63.6 Å². The molecule has 24 heavy (non-hydrogen) atoms. The summed E-state index contributed by atoms with van der Waals surface area (Å²) in [5.41, 5.74) is 2.19. The molecule has 0 radical (unpaired) electrons. The van der Waals surface area contributed by atoms with Crippen LogP contribution in [0.4, 0.5) is 5.69 Å². The zero-order valence-corrected chi connectivity index (χ0v) is 14.9. The number of nitrogens with one attached hydrogen (secondary N) is 1. The summed E-state index contributed by atoms with van der Waals surface area (Å²) in [6.45, 7) is 2.40. The third kappa shape index (κ3) is 4.72. The molecule has 0 aliphatic rings. The smallest absolute Gasteiger partial charge is 0.241 e. The Balaban J connectivity index is 1.98. The van der Waals surface area contributed by atoms with Crippen LogP contribution in [0, 0.1) is 11.3 Å². The Bertz CT molecular complexity index is 769. The van der Waals surface area contributed by atoms with Gasteiger partial charge in [0.25, 0.3) is 0 Å². The minimum Gasteiger partial charge on any atom is -0.325 e. The van der Waals surface area contributed by atoms with E-state index in [1.54, 1.807) is 36.4 Å². The minimum absolute atomic E-state index is 0.123. The van der Waals surface area contributed by atoms with Crippen molar-refractivity contribution in [2.75, 3.05) is 12.4 Å². The van der Waals surface area contributed by atoms with Gasteiger partial charge in [0.05, 0.1) is 27.7 Å². The number of likely N-dealkylation sites (N-methyl/N-ethyl adjacent to an activating group) is 1. The summed E-state index contributed by atoms with van der Waals surface area (Å²) in [5.74, 6) is -0.123. The average Bonchev–Trinajstić information content (AvgIpc) is 2.58. The highest BCUT2D eigenvalue weighted by Crippen LogP contribution is 2.23. The molecule has 2 aromatic carbocycles. The van der Waals surface area contributed by atoms with E-state index in [1.807, 2.05) is 31.0 Å². The molecule has 0 saturated heterocycles. The molecular formula is C18H17Cl2N3O. The Morgan fingerprint density at radius 2 is 1.88 bits per heavy atom. The van der Waals surface area contributed by atoms with Crippen LogP contribution in [0.3, 0.4) is 0 Å². The quantitative estimate of drug-likeness (QED) is 0.862. The second-order valence-corrected chi connectivity index (χ2v) is 6.33. The molecule has 6 heteroatoms. The van der Waals surface area contributed by atoms with E-state index < -0.39 is 0 Å². The minimum atomic E-state index is -0.338. The molecule has 0 aliphatic carbocycles. The number of nitrogens with zero attached hydrogens (tertiary/aromatic N) is 2. The van der Waals surface area contributed by atoms with E-state index >= 15 is 0 Å². The van der Waals surface area contributed by atoms with Gasteiger partial charge in [-0.1, -0.05) is 29.3 Å². The van der Waals surface area contributed by atoms with Crippen molar-refractivity contribution >= 4 is 34.8 Å². The normalized spacial score (nSPS) is 11.8. The monoisotopic (exact) mass is 361 g/mol. The number of benzene rings is 2. The van der Waals surface area contributed by atoms with Crippen LogP contribution in [0.15, 0.2) is 42.5 Å². The molecule has 1 N–H and O–H groups in total. The van der Waals surface area contributed by atoms with Gasteiger partial charge < -0.3 is 5.32 Å². The van der Waals surface area contributed by atoms with Crippen LogP contribution in [0.1, 0.15) is 18.1 Å². The number of nitriles is 1. The Morgan fingerprint density at radius 1 is 1.21 bits per heavy atom. The predicted molar refractivity (Wildman–Crippen MR) is 97.2 cm³/mol. The van der Waals surface area contributed by atoms with Gasteiger partial charge >= 0.3 is 0 Å². The predicted octanol–water partition coefficient (Wildman–Crippen LogP) is 4.32. The van der Waals surface area contributed by atoms with Crippen LogP contribution in [-0.4, -0.2) is 23.9 Å². The molecule has 0 aromatic heterocycles. The zero-order valence-electron chi connectivity index (χ0n) is 13.4. The van der Waals surface area contributed by atoms with Gasteiger partial charge in [0, 0.05) is 12.2 Å². The van der Waals surface area contributed by atoms with Gasteiger partial charge in [0.1, 0.15) is 0 Å². The van der Waals surface area contributed by atoms with Crippen LogP contribution in [0.5, 0.6) is 0 Å². The first-order valence-corrected chi connectivity index (χ1v) is 8.11. The molecule has 2 rings (SSSR count). The Morgan fingerprint density at radius 3 is 2.46 bits per heavy atom. The van der Waals surface area contributed by atoms with E-state index in [0.29, 0.717) is 27.8 Å². The van der Waals surface area contributed by atoms with Gasteiger partial charge in [-0.05, 0) is 55.9 Å². The highest BCUT2D eigenvalue weighted by Gasteiger charge is 2.18. The summed E-state index contributed by atoms with van der Waals surface area (Å²) in [6.07, 6.45) is 0. The summed E-state index contributed by atoms with van der Waals surface area (Å²) in [5, 5.41) is 12.6. The fourth-order valence-corrected chi connectivity index (χ4v) is 2.46. The molecule has 0 aliphatic heterocycles. The average molecular weight is 362 g/mol. The third-order valence-electron chi connectivity index (χ3n) is 3.74. The van der Waals surface area contributed by atoms with Crippen molar-refractivity contribution < 1.29 is 4.79 Å². The molecule has 0 fully saturated rings. The van der Waals surface area contributed by atoms with Crippen LogP contribution >= 0.6 is 23.2 Å². The lowest BCUT2D eigenvalue weighted by atomic mass is 10.1. The van der Waals surface area contributed by atoms with E-state index in [1.165, 1.54) is 0 Å². The van der Waals surface area contributed by atoms with E-state index in [4.69, 9.17) is 28.5 Å². The van der Waals surface area contributed by atoms with Gasteiger partial charge in [0.15, 0.2) is 0 Å². The van der Waals surface area contributed by atoms with Gasteiger partial charge in [-0.3, -0.25) is 9.69 Å². The van der Waals surface area contributed by atoms with E-state index in [-0.39, 0.29) is 11.9 Å². The largest absolute Gasteiger partial charge is 0.325 e. The van der Waals surface area contributed by atoms with Crippen molar-refractivity contribution in [2.45, 2.75) is 19.5 Å². The number of rotatable bonds is 5. The summed E-state index contributed by atoms with van der Waals surface area (Å²) in [7, 11) is 1.87. The summed E-state index contributed by atoms with van der Waals surface area (Å²) in [6, 6.07) is 13.9. The maximum atomic E-state index is 12.4. The molecule has 124 valence electrons. The highest BCUT2D eigenvalue weighted by molar-refractivity contribution is 6.42. The molecule has 0 unspecified atom stereocenters. The number of hydrogen-bond acceptors (Lipinski definition) is 3. The maximum absolute atomic E-state index is 12.4. The molecule has 0 bridgehead atoms. The number of anilines is 1. The van der Waals surface area contributed by atoms with Crippen molar-refractivity contribution in [3.8, 4) is 6.07 Å². The number of hydrogen-bond donors (Lipinski definition) is 1. The Labute approximate surface area is 151 Å². The summed E-state index contributed by atoms with van der Waals surface area (Å²) >= 11 is 11.9. The Hall–Kier alpha value is -2.06. The Kier molecular flexibility index (Phi) is 6.22. The van der Waals surface area contributed by atoms with Crippen molar-refractivity contribution in [1.29, 1.82) is 5.26 Å². The molecule has 1 atom stereocenters. The SMILES string of the molecule is C[C@H](C(=O)Nc1ccc(C#N)cc1)N(C)Cc1ccc(Cl)c(Cl)c1. The number of halogens is 2. The molecule has 1 amide bonds. The topological polar surface area (TPSA) is 56.1 Å². The number of carbonyl (C=O) groups excluding carboxylic acids is 1. The lowest BCUT2D eigenvalue weighted by Crippen LogP contribution is -2.39. The van der Waals surface area contributed by atoms with Crippen molar-refractivity contribution in [1.82, 2.24) is 4.90 Å². The van der Waals surface area contributed by atoms with E-state index in [9.17, 15) is 4.79 Å². The fraction of sp³-hybridized carbons (Fsp3) is 0.222. The van der Waals surface area contributed by atoms with Gasteiger partial charge in [-0.2, -0.15) is 5.26 Å². The van der Waals surface area contributed by atoms with E-state index in [0.717, 1.165) is 5.56 Å². The lowest BCUT2D eigenvalue weighted by Gasteiger charge is -2.24. The summed E-state index contributed by atoms with van der Waals surface area (Å²) < 4.78 is 0. The number of carbonyl (C=O) groups is 1. The molecule has 0 heterocycles. The first-order chi connectivity index (χ1) is 11.4. The van der Waals surface area contributed by atoms with Crippen LogP contribution in [0.25, 0.3) is 0 Å². The molecule has 0 spiro atoms. The zero-order chi connectivity index (χ0) is 17.7. The van der Waals surface area contributed by atoms with Gasteiger partial charge in [-0.25, -0.2) is 0 Å². The maximum Gasteiger partial charge on any atom is 0.241 e. The third-order valence-corrected chi connectivity index (χ3v) is 4.48. The van der Waals surface area contributed by atoms with Crippen LogP contribution < -0.4 is 5.32 Å². The first-order valence-electron chi connectivity index (χ1n) is 7.36. The van der Waals surface area contributed by atoms with Crippen molar-refractivity contribution in [2.24, 2.45) is 0 Å². The lowest BCUT2D eigenvalue weighted by molar-refractivity contribution is -0.120. The van der Waals surface area contributed by atoms with Crippen LogP contribution in [-0.2, 0) is 11.3 Å². The first kappa shape index (κ1) is 18.3. The molecular weight excluding hydrogens is 345 g/mol. The molecule has 2 aromatic rings.